The molecule has 4 unspecified atom stereocenters. The van der Waals surface area contributed by atoms with Crippen LogP contribution in [0.25, 0.3) is 43.6 Å². The monoisotopic (exact) mass is 1520 g/mol. The normalized spacial score (nSPS) is 16.4. The van der Waals surface area contributed by atoms with E-state index in [-0.39, 0.29) is 41.9 Å². The second kappa shape index (κ2) is 32.2. The van der Waals surface area contributed by atoms with Crippen molar-refractivity contribution < 1.29 is 19.1 Å². The van der Waals surface area contributed by atoms with Gasteiger partial charge in [-0.3, -0.25) is 19.3 Å². The van der Waals surface area contributed by atoms with Crippen LogP contribution in [0.4, 0.5) is 0 Å². The highest BCUT2D eigenvalue weighted by Crippen LogP contribution is 2.45. The Bertz CT molecular complexity index is 6070. The number of hydrogen-bond donors (Lipinski definition) is 4. The number of fused-ring (bicyclic) bond motifs is 12. The molecule has 16 aromatic rings. The maximum atomic E-state index is 13.5. The van der Waals surface area contributed by atoms with Crippen LogP contribution >= 0.6 is 22.9 Å². The number of para-hydroxylation sites is 4. The van der Waals surface area contributed by atoms with E-state index < -0.39 is 0 Å². The molecule has 12 nitrogen and oxygen atoms in total. The molecule has 3 amide bonds. The molecule has 9 heterocycles. The summed E-state index contributed by atoms with van der Waals surface area (Å²) in [6, 6.07) is 97.4. The average Bonchev–Trinajstić information content (AvgIpc) is 1.65. The Balaban J connectivity index is 0.000000109. The minimum Gasteiger partial charge on any atom is -0.497 e. The lowest BCUT2D eigenvalue weighted by atomic mass is 9.91. The summed E-state index contributed by atoms with van der Waals surface area (Å²) >= 11 is 7.60. The average molecular weight is 1520 g/mol. The fourth-order valence-electron chi connectivity index (χ4n) is 17.3. The van der Waals surface area contributed by atoms with Gasteiger partial charge in [-0.25, -0.2) is 0 Å². The lowest BCUT2D eigenvalue weighted by molar-refractivity contribution is 0.0685. The number of halogens is 1. The summed E-state index contributed by atoms with van der Waals surface area (Å²) in [5, 5.41) is 7.90. The number of ether oxygens (including phenoxy) is 1. The molecule has 14 heteroatoms. The van der Waals surface area contributed by atoms with Crippen LogP contribution in [0.15, 0.2) is 290 Å². The fraction of sp³-hybridized carbons (Fsp3) is 0.182. The van der Waals surface area contributed by atoms with E-state index in [0.29, 0.717) is 18.7 Å². The third-order valence-corrected chi connectivity index (χ3v) is 24.1. The molecule has 0 saturated carbocycles. The number of benzene rings is 11. The highest BCUT2D eigenvalue weighted by molar-refractivity contribution is 7.12. The highest BCUT2D eigenvalue weighted by Gasteiger charge is 2.39. The Labute approximate surface area is 668 Å². The van der Waals surface area contributed by atoms with Gasteiger partial charge in [0.15, 0.2) is 0 Å². The van der Waals surface area contributed by atoms with Crippen molar-refractivity contribution in [2.24, 2.45) is 0 Å². The van der Waals surface area contributed by atoms with Gasteiger partial charge in [-0.2, -0.15) is 0 Å². The Morgan fingerprint density at radius 1 is 0.363 bits per heavy atom. The van der Waals surface area contributed by atoms with Crippen molar-refractivity contribution in [3.63, 3.8) is 0 Å². The van der Waals surface area contributed by atoms with Crippen molar-refractivity contribution in [1.29, 1.82) is 0 Å². The molecule has 4 atom stereocenters. The quantitative estimate of drug-likeness (QED) is 0.108. The first kappa shape index (κ1) is 73.5. The highest BCUT2D eigenvalue weighted by atomic mass is 35.5. The summed E-state index contributed by atoms with van der Waals surface area (Å²) in [6.07, 6.45) is 3.64. The number of nitrogens with one attached hydrogen (secondary N) is 4. The minimum absolute atomic E-state index is 0.0348. The maximum Gasteiger partial charge on any atom is 0.264 e. The number of aromatic amines is 4. The van der Waals surface area contributed by atoms with E-state index in [1.807, 2.05) is 105 Å². The number of H-pyrrole nitrogens is 4. The third-order valence-electron chi connectivity index (χ3n) is 23.0. The Morgan fingerprint density at radius 2 is 0.699 bits per heavy atom. The van der Waals surface area contributed by atoms with Crippen molar-refractivity contribution >= 4 is 84.3 Å². The van der Waals surface area contributed by atoms with E-state index >= 15 is 0 Å². The Morgan fingerprint density at radius 3 is 1.07 bits per heavy atom. The standard InChI is InChI=1S/C26H24N2O2.C25H23ClN2.C25H22N2O.C23H20N2OS/c1-17-7-9-18(10-8-17)25-24-22(21-5-3-4-6-23(21)27-24)15-16-28(25)26(29)19-11-13-20(30-2)14-12-19;1-17-6-10-19(11-7-17)25-24-22(21-4-2-3-5-23(21)27-24)14-15-28(25)16-18-8-12-20(26)13-9-18;1-17-11-13-18(14-12-17)24-23-21(20-9-5-6-10-22(20)26-23)15-16-27(24)25(28)19-7-3-2-4-8-19;1-15-8-10-16(11-9-15)22-21-18(17-5-2-3-6-19(17)24-21)12-13-25(22)23(26)20-7-4-14-27-20/h3-14,25,27H,15-16H2,1-2H3;2-13,25,27H,14-16H2,1H3;2-14,24,26H,15-16H2,1H3;2-11,14,22,24H,12-13H2,1H3. The number of hydrogen-bond acceptors (Lipinski definition) is 6. The van der Waals surface area contributed by atoms with Crippen LogP contribution in [0.1, 0.15) is 150 Å². The second-order valence-corrected chi connectivity index (χ2v) is 31.6. The lowest BCUT2D eigenvalue weighted by Gasteiger charge is -2.36. The van der Waals surface area contributed by atoms with E-state index in [1.54, 1.807) is 7.11 Å². The van der Waals surface area contributed by atoms with Gasteiger partial charge in [0, 0.05) is 115 Å². The summed E-state index contributed by atoms with van der Waals surface area (Å²) in [5.41, 5.74) is 27.2. The van der Waals surface area contributed by atoms with Gasteiger partial charge in [0.05, 0.1) is 36.2 Å². The van der Waals surface area contributed by atoms with Gasteiger partial charge in [-0.05, 0) is 188 Å². The molecule has 113 heavy (non-hydrogen) atoms. The number of aromatic nitrogens is 4. The number of thiophene rings is 1. The van der Waals surface area contributed by atoms with Crippen LogP contribution in [0.5, 0.6) is 5.75 Å². The number of rotatable bonds is 10. The van der Waals surface area contributed by atoms with Crippen molar-refractivity contribution in [3.05, 3.63) is 407 Å². The smallest absolute Gasteiger partial charge is 0.264 e. The topological polar surface area (TPSA) is 137 Å². The van der Waals surface area contributed by atoms with Crippen LogP contribution < -0.4 is 4.74 Å². The number of aryl methyl sites for hydroxylation is 4. The number of methoxy groups -OCH3 is 1. The molecule has 0 saturated heterocycles. The molecule has 0 spiro atoms. The summed E-state index contributed by atoms with van der Waals surface area (Å²) < 4.78 is 5.25. The van der Waals surface area contributed by atoms with E-state index in [0.717, 1.165) is 117 Å². The molecule has 4 aliphatic rings. The van der Waals surface area contributed by atoms with E-state index in [1.165, 1.54) is 99.7 Å². The van der Waals surface area contributed by atoms with E-state index in [9.17, 15) is 14.4 Å². The zero-order valence-electron chi connectivity index (χ0n) is 64.1. The van der Waals surface area contributed by atoms with Crippen molar-refractivity contribution in [1.82, 2.24) is 39.5 Å². The van der Waals surface area contributed by atoms with Crippen molar-refractivity contribution in [2.75, 3.05) is 33.3 Å². The molecular weight excluding hydrogens is 1430 g/mol. The van der Waals surface area contributed by atoms with Gasteiger partial charge < -0.3 is 39.4 Å². The zero-order chi connectivity index (χ0) is 77.2. The van der Waals surface area contributed by atoms with E-state index in [4.69, 9.17) is 16.3 Å². The predicted molar refractivity (Wildman–Crippen MR) is 459 cm³/mol. The number of nitrogens with zero attached hydrogens (tertiary/aromatic N) is 4. The summed E-state index contributed by atoms with van der Waals surface area (Å²) in [4.78, 5) is 64.2. The zero-order valence-corrected chi connectivity index (χ0v) is 65.7. The van der Waals surface area contributed by atoms with Crippen LogP contribution in [0.3, 0.4) is 0 Å². The van der Waals surface area contributed by atoms with Crippen molar-refractivity contribution in [3.8, 4) is 5.75 Å². The molecule has 0 fully saturated rings. The van der Waals surface area contributed by atoms with Gasteiger partial charge >= 0.3 is 0 Å². The van der Waals surface area contributed by atoms with Crippen LogP contribution in [-0.4, -0.2) is 90.5 Å². The van der Waals surface area contributed by atoms with Gasteiger partial charge in [0.1, 0.15) is 5.75 Å². The first-order valence-electron chi connectivity index (χ1n) is 39.1. The lowest BCUT2D eigenvalue weighted by Crippen LogP contribution is -2.40. The number of carbonyl (C=O) groups is 3. The molecule has 5 aromatic heterocycles. The molecule has 0 aliphatic carbocycles. The fourth-order valence-corrected chi connectivity index (χ4v) is 18.1. The molecule has 0 bridgehead atoms. The molecule has 562 valence electrons. The summed E-state index contributed by atoms with van der Waals surface area (Å²) in [7, 11) is 1.63. The first-order valence-corrected chi connectivity index (χ1v) is 40.3. The first-order chi connectivity index (χ1) is 55.3. The summed E-state index contributed by atoms with van der Waals surface area (Å²) in [6.45, 7) is 12.5. The third kappa shape index (κ3) is 14.9. The maximum absolute atomic E-state index is 13.5. The Kier molecular flexibility index (Phi) is 21.0. The Hall–Kier alpha value is -12.3. The largest absolute Gasteiger partial charge is 0.497 e. The van der Waals surface area contributed by atoms with Gasteiger partial charge in [0.25, 0.3) is 17.7 Å². The molecule has 20 rings (SSSR count). The molecule has 0 radical (unpaired) electrons. The molecule has 4 N–H and O–H groups in total. The molecule has 4 aliphatic heterocycles. The van der Waals surface area contributed by atoms with E-state index in [2.05, 4.69) is 253 Å². The SMILES string of the molecule is COc1ccc(C(=O)N2CCc3c([nH]c4ccccc34)C2c2ccc(C)cc2)cc1.Cc1ccc(C2c3[nH]c4ccccc4c3CCN2C(=O)c2ccccc2)cc1.Cc1ccc(C2c3[nH]c4ccccc4c3CCN2C(=O)c2cccs2)cc1.Cc1ccc(C2c3[nH]c4ccccc4c3CCN2Cc2ccc(Cl)cc2)cc1. The molecule has 11 aromatic carbocycles. The van der Waals surface area contributed by atoms with Crippen LogP contribution in [0.2, 0.25) is 5.02 Å². The summed E-state index contributed by atoms with van der Waals surface area (Å²) in [5.74, 6) is 0.973. The van der Waals surface area contributed by atoms with Crippen LogP contribution in [0, 0.1) is 27.7 Å². The van der Waals surface area contributed by atoms with Gasteiger partial charge in [0.2, 0.25) is 0 Å². The van der Waals surface area contributed by atoms with Crippen LogP contribution in [-0.2, 0) is 32.2 Å². The predicted octanol–water partition coefficient (Wildman–Crippen LogP) is 22.1. The number of amides is 3. The van der Waals surface area contributed by atoms with Crippen molar-refractivity contribution in [2.45, 2.75) is 84.1 Å². The minimum atomic E-state index is -0.142. The second-order valence-electron chi connectivity index (χ2n) is 30.2. The molecular formula is C99H89ClN8O4S. The van der Waals surface area contributed by atoms with Gasteiger partial charge in [-0.1, -0.05) is 240 Å². The number of carbonyl (C=O) groups excluding carboxylic acids is 3. The van der Waals surface area contributed by atoms with Gasteiger partial charge in [-0.15, -0.1) is 11.3 Å².